The van der Waals surface area contributed by atoms with E-state index in [4.69, 9.17) is 0 Å². The van der Waals surface area contributed by atoms with Crippen LogP contribution in [0.15, 0.2) is 0 Å². The van der Waals surface area contributed by atoms with Crippen LogP contribution in [0.25, 0.3) is 0 Å². The number of nitrogens with zero attached hydrogens (tertiary/aromatic N) is 1. The molecule has 23 heavy (non-hydrogen) atoms. The zero-order valence-electron chi connectivity index (χ0n) is 13.8. The second kappa shape index (κ2) is 8.58. The SMILES string of the molecule is CC1CCNCC1NC(=O)C1CSCN1C(=O)C1CCCC1.Cl. The summed E-state index contributed by atoms with van der Waals surface area (Å²) in [6.45, 7) is 4.05. The van der Waals surface area contributed by atoms with Crippen molar-refractivity contribution in [3.05, 3.63) is 0 Å². The van der Waals surface area contributed by atoms with Crippen molar-refractivity contribution in [2.24, 2.45) is 11.8 Å². The molecule has 2 aliphatic heterocycles. The predicted octanol–water partition coefficient (Wildman–Crippen LogP) is 1.61. The lowest BCUT2D eigenvalue weighted by Gasteiger charge is -2.32. The van der Waals surface area contributed by atoms with Crippen LogP contribution in [0.4, 0.5) is 0 Å². The highest BCUT2D eigenvalue weighted by molar-refractivity contribution is 7.99. The third-order valence-corrected chi connectivity index (χ3v) is 6.34. The maximum Gasteiger partial charge on any atom is 0.243 e. The Balaban J connectivity index is 0.00000192. The van der Waals surface area contributed by atoms with Gasteiger partial charge < -0.3 is 15.5 Å². The molecule has 0 bridgehead atoms. The normalized spacial score (nSPS) is 31.7. The lowest BCUT2D eigenvalue weighted by Crippen LogP contribution is -2.56. The number of piperidine rings is 1. The molecule has 1 saturated carbocycles. The van der Waals surface area contributed by atoms with Gasteiger partial charge in [-0.15, -0.1) is 24.2 Å². The smallest absolute Gasteiger partial charge is 0.243 e. The fraction of sp³-hybridized carbons (Fsp3) is 0.875. The van der Waals surface area contributed by atoms with Gasteiger partial charge in [0.15, 0.2) is 0 Å². The zero-order valence-corrected chi connectivity index (χ0v) is 15.4. The maximum atomic E-state index is 12.6. The molecule has 2 amide bonds. The van der Waals surface area contributed by atoms with Gasteiger partial charge in [0.2, 0.25) is 11.8 Å². The lowest BCUT2D eigenvalue weighted by atomic mass is 9.94. The highest BCUT2D eigenvalue weighted by Crippen LogP contribution is 2.31. The number of hydrogen-bond acceptors (Lipinski definition) is 4. The third kappa shape index (κ3) is 4.34. The Kier molecular flexibility index (Phi) is 7.04. The molecule has 1 aliphatic carbocycles. The molecule has 0 aromatic heterocycles. The van der Waals surface area contributed by atoms with Crippen LogP contribution >= 0.6 is 24.2 Å². The van der Waals surface area contributed by atoms with Crippen molar-refractivity contribution in [3.63, 3.8) is 0 Å². The van der Waals surface area contributed by atoms with Crippen molar-refractivity contribution in [2.75, 3.05) is 24.7 Å². The average molecular weight is 362 g/mol. The Hall–Kier alpha value is -0.460. The van der Waals surface area contributed by atoms with Gasteiger partial charge in [0.1, 0.15) is 6.04 Å². The van der Waals surface area contributed by atoms with Crippen molar-refractivity contribution in [1.82, 2.24) is 15.5 Å². The fourth-order valence-corrected chi connectivity index (χ4v) is 4.91. The van der Waals surface area contributed by atoms with Gasteiger partial charge in [-0.1, -0.05) is 19.8 Å². The van der Waals surface area contributed by atoms with Gasteiger partial charge in [-0.3, -0.25) is 9.59 Å². The van der Waals surface area contributed by atoms with E-state index in [9.17, 15) is 9.59 Å². The average Bonchev–Trinajstić information content (AvgIpc) is 3.20. The maximum absolute atomic E-state index is 12.6. The van der Waals surface area contributed by atoms with E-state index in [1.54, 1.807) is 11.8 Å². The van der Waals surface area contributed by atoms with E-state index in [0.717, 1.165) is 50.9 Å². The Morgan fingerprint density at radius 1 is 1.22 bits per heavy atom. The number of thioether (sulfide) groups is 1. The van der Waals surface area contributed by atoms with E-state index < -0.39 is 0 Å². The third-order valence-electron chi connectivity index (χ3n) is 5.33. The van der Waals surface area contributed by atoms with E-state index >= 15 is 0 Å². The summed E-state index contributed by atoms with van der Waals surface area (Å²) in [5.41, 5.74) is 0. The molecule has 2 heterocycles. The summed E-state index contributed by atoms with van der Waals surface area (Å²) < 4.78 is 0. The number of nitrogens with one attached hydrogen (secondary N) is 2. The van der Waals surface area contributed by atoms with Crippen LogP contribution in [-0.4, -0.2) is 53.5 Å². The number of rotatable bonds is 3. The van der Waals surface area contributed by atoms with E-state index in [1.807, 2.05) is 4.90 Å². The molecule has 0 radical (unpaired) electrons. The predicted molar refractivity (Wildman–Crippen MR) is 95.7 cm³/mol. The summed E-state index contributed by atoms with van der Waals surface area (Å²) in [6.07, 6.45) is 5.39. The van der Waals surface area contributed by atoms with Crippen LogP contribution < -0.4 is 10.6 Å². The van der Waals surface area contributed by atoms with Crippen LogP contribution in [0.5, 0.6) is 0 Å². The Morgan fingerprint density at radius 2 is 1.96 bits per heavy atom. The van der Waals surface area contributed by atoms with E-state index in [2.05, 4.69) is 17.6 Å². The molecule has 3 fully saturated rings. The molecule has 3 unspecified atom stereocenters. The molecular weight excluding hydrogens is 334 g/mol. The Labute approximate surface area is 149 Å². The van der Waals surface area contributed by atoms with Gasteiger partial charge in [0.25, 0.3) is 0 Å². The number of hydrogen-bond donors (Lipinski definition) is 2. The minimum atomic E-state index is -0.271. The van der Waals surface area contributed by atoms with Crippen LogP contribution in [0.1, 0.15) is 39.0 Å². The van der Waals surface area contributed by atoms with Gasteiger partial charge in [0.05, 0.1) is 5.88 Å². The fourth-order valence-electron chi connectivity index (χ4n) is 3.75. The highest BCUT2D eigenvalue weighted by Gasteiger charge is 2.39. The summed E-state index contributed by atoms with van der Waals surface area (Å²) in [5, 5.41) is 6.52. The Bertz CT molecular complexity index is 432. The molecule has 3 aliphatic rings. The first kappa shape index (κ1) is 18.9. The van der Waals surface area contributed by atoms with Gasteiger partial charge in [-0.2, -0.15) is 0 Å². The molecule has 7 heteroatoms. The summed E-state index contributed by atoms with van der Waals surface area (Å²) in [5.74, 6) is 2.31. The van der Waals surface area contributed by atoms with Gasteiger partial charge in [-0.25, -0.2) is 0 Å². The summed E-state index contributed by atoms with van der Waals surface area (Å²) in [4.78, 5) is 27.1. The zero-order chi connectivity index (χ0) is 15.5. The van der Waals surface area contributed by atoms with Gasteiger partial charge in [-0.05, 0) is 31.7 Å². The summed E-state index contributed by atoms with van der Waals surface area (Å²) in [7, 11) is 0. The standard InChI is InChI=1S/C16H27N3O2S.ClH/c1-11-6-7-17-8-13(11)18-15(20)14-9-22-10-19(14)16(21)12-4-2-3-5-12;/h11-14,17H,2-10H2,1H3,(H,18,20);1H. The second-order valence-electron chi connectivity index (χ2n) is 6.89. The monoisotopic (exact) mass is 361 g/mol. The highest BCUT2D eigenvalue weighted by atomic mass is 35.5. The van der Waals surface area contributed by atoms with Crippen molar-refractivity contribution >= 4 is 36.0 Å². The van der Waals surface area contributed by atoms with Gasteiger partial charge in [0, 0.05) is 24.3 Å². The quantitative estimate of drug-likeness (QED) is 0.801. The molecule has 2 N–H and O–H groups in total. The number of amides is 2. The number of halogens is 1. The topological polar surface area (TPSA) is 61.4 Å². The van der Waals surface area contributed by atoms with Crippen LogP contribution in [-0.2, 0) is 9.59 Å². The van der Waals surface area contributed by atoms with Crippen molar-refractivity contribution in [2.45, 2.75) is 51.1 Å². The first-order chi connectivity index (χ1) is 10.7. The molecular formula is C16H28ClN3O2S. The molecule has 0 spiro atoms. The van der Waals surface area contributed by atoms with Gasteiger partial charge >= 0.3 is 0 Å². The number of carbonyl (C=O) groups is 2. The van der Waals surface area contributed by atoms with Crippen molar-refractivity contribution < 1.29 is 9.59 Å². The van der Waals surface area contributed by atoms with Crippen molar-refractivity contribution in [1.29, 1.82) is 0 Å². The molecule has 0 aromatic rings. The van der Waals surface area contributed by atoms with Crippen LogP contribution in [0.2, 0.25) is 0 Å². The van der Waals surface area contributed by atoms with Crippen molar-refractivity contribution in [3.8, 4) is 0 Å². The molecule has 2 saturated heterocycles. The minimum Gasteiger partial charge on any atom is -0.350 e. The van der Waals surface area contributed by atoms with Crippen LogP contribution in [0.3, 0.4) is 0 Å². The largest absolute Gasteiger partial charge is 0.350 e. The molecule has 5 nitrogen and oxygen atoms in total. The molecule has 132 valence electrons. The van der Waals surface area contributed by atoms with E-state index in [0.29, 0.717) is 11.8 Å². The molecule has 0 aromatic carbocycles. The minimum absolute atomic E-state index is 0. The first-order valence-electron chi connectivity index (χ1n) is 8.56. The number of carbonyl (C=O) groups excluding carboxylic acids is 2. The van der Waals surface area contributed by atoms with E-state index in [-0.39, 0.29) is 42.2 Å². The second-order valence-corrected chi connectivity index (χ2v) is 7.89. The Morgan fingerprint density at radius 3 is 2.65 bits per heavy atom. The summed E-state index contributed by atoms with van der Waals surface area (Å²) >= 11 is 1.70. The van der Waals surface area contributed by atoms with E-state index in [1.165, 1.54) is 0 Å². The van der Waals surface area contributed by atoms with Crippen LogP contribution in [0, 0.1) is 11.8 Å². The molecule has 3 atom stereocenters. The summed E-state index contributed by atoms with van der Waals surface area (Å²) in [6, 6.07) is -0.0810. The lowest BCUT2D eigenvalue weighted by molar-refractivity contribution is -0.141. The molecule has 3 rings (SSSR count). The first-order valence-corrected chi connectivity index (χ1v) is 9.71.